The molecule has 0 amide bonds. The lowest BCUT2D eigenvalue weighted by atomic mass is 10.0. The number of aryl methyl sites for hydroxylation is 2. The Labute approximate surface area is 128 Å². The van der Waals surface area contributed by atoms with Gasteiger partial charge in [0, 0.05) is 42.8 Å². The molecule has 0 bridgehead atoms. The summed E-state index contributed by atoms with van der Waals surface area (Å²) in [7, 11) is 6.45. The van der Waals surface area contributed by atoms with Crippen molar-refractivity contribution in [3.63, 3.8) is 0 Å². The van der Waals surface area contributed by atoms with Crippen molar-refractivity contribution in [2.45, 2.75) is 33.4 Å². The minimum absolute atomic E-state index is 0.511. The number of nitrogens with one attached hydrogen (secondary N) is 1. The van der Waals surface area contributed by atoms with Crippen molar-refractivity contribution < 1.29 is 0 Å². The summed E-state index contributed by atoms with van der Waals surface area (Å²) in [5.74, 6) is 0.627. The predicted molar refractivity (Wildman–Crippen MR) is 91.7 cm³/mol. The summed E-state index contributed by atoms with van der Waals surface area (Å²) in [5, 5.41) is 5.11. The molecule has 0 radical (unpaired) electrons. The van der Waals surface area contributed by atoms with E-state index in [0.717, 1.165) is 13.1 Å². The van der Waals surface area contributed by atoms with Gasteiger partial charge in [0.15, 0.2) is 0 Å². The maximum atomic E-state index is 3.75. The Kier molecular flexibility index (Phi) is 5.07. The molecule has 2 aromatic rings. The van der Waals surface area contributed by atoms with Gasteiger partial charge in [-0.3, -0.25) is 0 Å². The van der Waals surface area contributed by atoms with Crippen molar-refractivity contribution in [3.8, 4) is 0 Å². The van der Waals surface area contributed by atoms with E-state index in [1.807, 2.05) is 0 Å². The van der Waals surface area contributed by atoms with Crippen LogP contribution in [0.1, 0.15) is 25.1 Å². The first-order chi connectivity index (χ1) is 9.91. The molecule has 1 heterocycles. The highest BCUT2D eigenvalue weighted by Crippen LogP contribution is 2.24. The Bertz CT molecular complexity index is 557. The molecule has 0 saturated heterocycles. The third kappa shape index (κ3) is 3.47. The Balaban J connectivity index is 2.19. The smallest absolute Gasteiger partial charge is 0.0483 e. The fourth-order valence-corrected chi connectivity index (χ4v) is 3.02. The van der Waals surface area contributed by atoms with Crippen molar-refractivity contribution in [1.29, 1.82) is 0 Å². The van der Waals surface area contributed by atoms with Crippen LogP contribution in [0, 0.1) is 12.8 Å². The van der Waals surface area contributed by atoms with Gasteiger partial charge < -0.3 is 14.8 Å². The zero-order chi connectivity index (χ0) is 15.6. The molecule has 21 heavy (non-hydrogen) atoms. The summed E-state index contributed by atoms with van der Waals surface area (Å²) in [4.78, 5) is 2.26. The molecule has 1 aromatic heterocycles. The van der Waals surface area contributed by atoms with Gasteiger partial charge in [0.2, 0.25) is 0 Å². The third-order valence-electron chi connectivity index (χ3n) is 4.41. The Morgan fingerprint density at radius 3 is 2.43 bits per heavy atom. The van der Waals surface area contributed by atoms with Gasteiger partial charge in [0.05, 0.1) is 0 Å². The van der Waals surface area contributed by atoms with Crippen LogP contribution in [0.2, 0.25) is 0 Å². The van der Waals surface area contributed by atoms with Gasteiger partial charge in [-0.05, 0) is 38.6 Å². The van der Waals surface area contributed by atoms with E-state index in [0.29, 0.717) is 12.0 Å². The van der Waals surface area contributed by atoms with Crippen LogP contribution in [0.3, 0.4) is 0 Å². The van der Waals surface area contributed by atoms with Crippen LogP contribution in [0.4, 0.5) is 0 Å². The third-order valence-corrected chi connectivity index (χ3v) is 4.41. The van der Waals surface area contributed by atoms with E-state index >= 15 is 0 Å². The quantitative estimate of drug-likeness (QED) is 0.880. The lowest BCUT2D eigenvalue weighted by molar-refractivity contribution is 0.286. The molecule has 1 unspecified atom stereocenters. The van der Waals surface area contributed by atoms with Crippen LogP contribution >= 0.6 is 0 Å². The summed E-state index contributed by atoms with van der Waals surface area (Å²) < 4.78 is 2.32. The van der Waals surface area contributed by atoms with E-state index < -0.39 is 0 Å². The Morgan fingerprint density at radius 1 is 1.19 bits per heavy atom. The van der Waals surface area contributed by atoms with Crippen LogP contribution in [-0.4, -0.2) is 36.1 Å². The lowest BCUT2D eigenvalue weighted by Crippen LogP contribution is -2.41. The molecular formula is C18H29N3. The van der Waals surface area contributed by atoms with Gasteiger partial charge in [-0.1, -0.05) is 32.0 Å². The fourth-order valence-electron chi connectivity index (χ4n) is 3.02. The van der Waals surface area contributed by atoms with Gasteiger partial charge in [0.1, 0.15) is 0 Å². The highest BCUT2D eigenvalue weighted by Gasteiger charge is 2.16. The highest BCUT2D eigenvalue weighted by atomic mass is 15.1. The fraction of sp³-hybridized carbons (Fsp3) is 0.556. The molecular weight excluding hydrogens is 258 g/mol. The number of fused-ring (bicyclic) bond motifs is 1. The number of likely N-dealkylation sites (N-methyl/N-ethyl adjacent to an activating group) is 1. The van der Waals surface area contributed by atoms with E-state index in [2.05, 4.69) is 81.0 Å². The molecule has 116 valence electrons. The van der Waals surface area contributed by atoms with Gasteiger partial charge in [-0.15, -0.1) is 0 Å². The lowest BCUT2D eigenvalue weighted by Gasteiger charge is -2.26. The Hall–Kier alpha value is -1.32. The van der Waals surface area contributed by atoms with Gasteiger partial charge in [0.25, 0.3) is 0 Å². The minimum Gasteiger partial charge on any atom is -0.346 e. The van der Waals surface area contributed by atoms with E-state index in [9.17, 15) is 0 Å². The zero-order valence-corrected chi connectivity index (χ0v) is 14.3. The molecule has 0 aliphatic rings. The molecule has 0 aliphatic heterocycles. The van der Waals surface area contributed by atoms with Crippen LogP contribution in [-0.2, 0) is 13.6 Å². The number of benzene rings is 1. The topological polar surface area (TPSA) is 20.2 Å². The second-order valence-corrected chi connectivity index (χ2v) is 6.64. The number of para-hydroxylation sites is 1. The average molecular weight is 287 g/mol. The van der Waals surface area contributed by atoms with Crippen LogP contribution in [0.15, 0.2) is 24.3 Å². The molecule has 0 spiro atoms. The summed E-state index contributed by atoms with van der Waals surface area (Å²) in [6.45, 7) is 8.80. The summed E-state index contributed by atoms with van der Waals surface area (Å²) in [5.41, 5.74) is 4.11. The summed E-state index contributed by atoms with van der Waals surface area (Å²) in [6.07, 6.45) is 0. The molecule has 0 fully saturated rings. The van der Waals surface area contributed by atoms with E-state index in [1.165, 1.54) is 22.2 Å². The molecule has 3 nitrogen and oxygen atoms in total. The largest absolute Gasteiger partial charge is 0.346 e. The van der Waals surface area contributed by atoms with Crippen molar-refractivity contribution in [2.75, 3.05) is 20.6 Å². The molecule has 0 aliphatic carbocycles. The maximum absolute atomic E-state index is 3.75. The van der Waals surface area contributed by atoms with E-state index in [-0.39, 0.29) is 0 Å². The second-order valence-electron chi connectivity index (χ2n) is 6.64. The van der Waals surface area contributed by atoms with Crippen LogP contribution in [0.5, 0.6) is 0 Å². The van der Waals surface area contributed by atoms with Crippen molar-refractivity contribution in [1.82, 2.24) is 14.8 Å². The van der Waals surface area contributed by atoms with Gasteiger partial charge >= 0.3 is 0 Å². The van der Waals surface area contributed by atoms with E-state index in [1.54, 1.807) is 0 Å². The number of hydrogen-bond donors (Lipinski definition) is 1. The summed E-state index contributed by atoms with van der Waals surface area (Å²) >= 11 is 0. The van der Waals surface area contributed by atoms with Crippen LogP contribution < -0.4 is 5.32 Å². The maximum Gasteiger partial charge on any atom is 0.0483 e. The molecule has 1 N–H and O–H groups in total. The number of rotatable bonds is 6. The molecule has 2 rings (SSSR count). The van der Waals surface area contributed by atoms with Crippen molar-refractivity contribution in [3.05, 3.63) is 35.5 Å². The monoisotopic (exact) mass is 287 g/mol. The molecule has 1 aromatic carbocycles. The normalized spacial score (nSPS) is 13.5. The minimum atomic E-state index is 0.511. The first-order valence-electron chi connectivity index (χ1n) is 7.82. The molecule has 0 saturated carbocycles. The van der Waals surface area contributed by atoms with Gasteiger partial charge in [-0.25, -0.2) is 0 Å². The number of hydrogen-bond acceptors (Lipinski definition) is 2. The molecule has 3 heteroatoms. The Morgan fingerprint density at radius 2 is 1.86 bits per heavy atom. The molecule has 1 atom stereocenters. The average Bonchev–Trinajstić information content (AvgIpc) is 2.67. The van der Waals surface area contributed by atoms with Crippen molar-refractivity contribution >= 4 is 10.9 Å². The summed E-state index contributed by atoms with van der Waals surface area (Å²) in [6, 6.07) is 9.16. The number of aromatic nitrogens is 1. The van der Waals surface area contributed by atoms with Gasteiger partial charge in [-0.2, -0.15) is 0 Å². The standard InChI is InChI=1S/C18H29N3/c1-13(2)16(12-20(4)5)19-11-18-14(3)15-9-7-8-10-17(15)21(18)6/h7-10,13,16,19H,11-12H2,1-6H3. The number of nitrogens with zero attached hydrogens (tertiary/aromatic N) is 2. The van der Waals surface area contributed by atoms with Crippen LogP contribution in [0.25, 0.3) is 10.9 Å². The SMILES string of the molecule is Cc1c(CNC(CN(C)C)C(C)C)n(C)c2ccccc12. The first kappa shape index (κ1) is 16.1. The van der Waals surface area contributed by atoms with E-state index in [4.69, 9.17) is 0 Å². The van der Waals surface area contributed by atoms with Crippen molar-refractivity contribution in [2.24, 2.45) is 13.0 Å². The second kappa shape index (κ2) is 6.63. The zero-order valence-electron chi connectivity index (χ0n) is 14.3. The highest BCUT2D eigenvalue weighted by molar-refractivity contribution is 5.85. The predicted octanol–water partition coefficient (Wildman–Crippen LogP) is 3.16. The first-order valence-corrected chi connectivity index (χ1v) is 7.82.